The van der Waals surface area contributed by atoms with Gasteiger partial charge in [0.25, 0.3) is 11.8 Å². The van der Waals surface area contributed by atoms with E-state index in [1.165, 1.54) is 35.5 Å². The average molecular weight is 478 g/mol. The first kappa shape index (κ1) is 23.5. The SMILES string of the molecule is O=C(NCCNC(=O)c1ccccc1SCC(=O)N1CCc2ccccc21)c1ccccc1F. The van der Waals surface area contributed by atoms with Gasteiger partial charge in [0.2, 0.25) is 5.91 Å². The molecule has 3 amide bonds. The van der Waals surface area contributed by atoms with Gasteiger partial charge in [-0.1, -0.05) is 42.5 Å². The maximum Gasteiger partial charge on any atom is 0.254 e. The Morgan fingerprint density at radius 3 is 2.21 bits per heavy atom. The van der Waals surface area contributed by atoms with E-state index < -0.39 is 11.7 Å². The lowest BCUT2D eigenvalue weighted by atomic mass is 10.2. The number of fused-ring (bicyclic) bond motifs is 1. The molecule has 3 aromatic rings. The van der Waals surface area contributed by atoms with Crippen molar-refractivity contribution in [1.29, 1.82) is 0 Å². The minimum Gasteiger partial charge on any atom is -0.350 e. The molecule has 0 fully saturated rings. The van der Waals surface area contributed by atoms with Crippen molar-refractivity contribution in [2.24, 2.45) is 0 Å². The number of anilines is 1. The predicted molar refractivity (Wildman–Crippen MR) is 131 cm³/mol. The Labute approximate surface area is 201 Å². The zero-order chi connectivity index (χ0) is 23.9. The van der Waals surface area contributed by atoms with Crippen LogP contribution in [0, 0.1) is 5.82 Å². The van der Waals surface area contributed by atoms with Crippen molar-refractivity contribution in [3.8, 4) is 0 Å². The smallest absolute Gasteiger partial charge is 0.254 e. The first-order chi connectivity index (χ1) is 16.5. The van der Waals surface area contributed by atoms with Crippen LogP contribution in [0.25, 0.3) is 0 Å². The number of nitrogens with one attached hydrogen (secondary N) is 2. The van der Waals surface area contributed by atoms with E-state index in [-0.39, 0.29) is 36.2 Å². The first-order valence-corrected chi connectivity index (χ1v) is 11.9. The summed E-state index contributed by atoms with van der Waals surface area (Å²) in [6, 6.07) is 20.7. The highest BCUT2D eigenvalue weighted by Crippen LogP contribution is 2.29. The highest BCUT2D eigenvalue weighted by atomic mass is 32.2. The van der Waals surface area contributed by atoms with Crippen LogP contribution in [0.15, 0.2) is 77.7 Å². The standard InChI is InChI=1S/C26H24FN3O3S/c27-21-10-4-2-8-19(21)25(32)28-14-15-29-26(33)20-9-3-6-12-23(20)34-17-24(31)30-16-13-18-7-1-5-11-22(18)30/h1-12H,13-17H2,(H,28,32)(H,29,33). The van der Waals surface area contributed by atoms with E-state index in [9.17, 15) is 18.8 Å². The van der Waals surface area contributed by atoms with E-state index in [4.69, 9.17) is 0 Å². The summed E-state index contributed by atoms with van der Waals surface area (Å²) in [6.07, 6.45) is 0.846. The molecule has 3 aromatic carbocycles. The first-order valence-electron chi connectivity index (χ1n) is 11.0. The molecule has 0 bridgehead atoms. The quantitative estimate of drug-likeness (QED) is 0.383. The van der Waals surface area contributed by atoms with E-state index >= 15 is 0 Å². The zero-order valence-corrected chi connectivity index (χ0v) is 19.2. The number of rotatable bonds is 8. The van der Waals surface area contributed by atoms with Crippen molar-refractivity contribution >= 4 is 35.2 Å². The minimum atomic E-state index is -0.595. The molecule has 2 N–H and O–H groups in total. The minimum absolute atomic E-state index is 0.000942. The van der Waals surface area contributed by atoms with Crippen molar-refractivity contribution in [1.82, 2.24) is 10.6 Å². The van der Waals surface area contributed by atoms with Gasteiger partial charge in [-0.3, -0.25) is 14.4 Å². The summed E-state index contributed by atoms with van der Waals surface area (Å²) in [5, 5.41) is 5.35. The molecule has 0 saturated carbocycles. The predicted octanol–water partition coefficient (Wildman–Crippen LogP) is 3.67. The normalized spacial score (nSPS) is 12.2. The fourth-order valence-corrected chi connectivity index (χ4v) is 4.71. The molecule has 8 heteroatoms. The Hall–Kier alpha value is -3.65. The maximum atomic E-state index is 13.7. The van der Waals surface area contributed by atoms with Gasteiger partial charge >= 0.3 is 0 Å². The second kappa shape index (κ2) is 11.0. The highest BCUT2D eigenvalue weighted by molar-refractivity contribution is 8.00. The van der Waals surface area contributed by atoms with Gasteiger partial charge in [0, 0.05) is 30.2 Å². The summed E-state index contributed by atoms with van der Waals surface area (Å²) in [4.78, 5) is 40.1. The molecule has 0 aromatic heterocycles. The van der Waals surface area contributed by atoms with Crippen molar-refractivity contribution in [2.45, 2.75) is 11.3 Å². The number of hydrogen-bond donors (Lipinski definition) is 2. The van der Waals surface area contributed by atoms with Crippen LogP contribution < -0.4 is 15.5 Å². The van der Waals surface area contributed by atoms with Gasteiger partial charge < -0.3 is 15.5 Å². The number of hydrogen-bond acceptors (Lipinski definition) is 4. The Kier molecular flexibility index (Phi) is 7.59. The third-order valence-electron chi connectivity index (χ3n) is 5.49. The number of thioether (sulfide) groups is 1. The summed E-state index contributed by atoms with van der Waals surface area (Å²) in [7, 11) is 0. The second-order valence-corrected chi connectivity index (χ2v) is 8.72. The van der Waals surface area contributed by atoms with Gasteiger partial charge in [0.1, 0.15) is 5.82 Å². The van der Waals surface area contributed by atoms with Gasteiger partial charge in [-0.2, -0.15) is 0 Å². The lowest BCUT2D eigenvalue weighted by molar-refractivity contribution is -0.116. The molecule has 6 nitrogen and oxygen atoms in total. The molecule has 1 aliphatic rings. The van der Waals surface area contributed by atoms with Gasteiger partial charge in [-0.15, -0.1) is 11.8 Å². The van der Waals surface area contributed by atoms with Crippen molar-refractivity contribution in [2.75, 3.05) is 30.3 Å². The van der Waals surface area contributed by atoms with Crippen LogP contribution in [0.3, 0.4) is 0 Å². The van der Waals surface area contributed by atoms with Crippen LogP contribution in [0.1, 0.15) is 26.3 Å². The second-order valence-electron chi connectivity index (χ2n) is 7.70. The Morgan fingerprint density at radius 2 is 1.44 bits per heavy atom. The number of carbonyl (C=O) groups excluding carboxylic acids is 3. The van der Waals surface area contributed by atoms with Crippen LogP contribution in [-0.4, -0.2) is 43.1 Å². The van der Waals surface area contributed by atoms with Gasteiger partial charge in [-0.05, 0) is 42.3 Å². The molecule has 0 radical (unpaired) electrons. The van der Waals surface area contributed by atoms with E-state index in [0.717, 1.165) is 12.1 Å². The molecule has 4 rings (SSSR count). The zero-order valence-electron chi connectivity index (χ0n) is 18.4. The molecule has 0 spiro atoms. The summed E-state index contributed by atoms with van der Waals surface area (Å²) in [5.41, 5.74) is 2.54. The van der Waals surface area contributed by atoms with Crippen molar-refractivity contribution in [3.05, 3.63) is 95.3 Å². The summed E-state index contributed by atoms with van der Waals surface area (Å²) in [5.74, 6) is -1.22. The monoisotopic (exact) mass is 477 g/mol. The lowest BCUT2D eigenvalue weighted by Crippen LogP contribution is -2.35. The molecule has 0 aliphatic carbocycles. The molecular weight excluding hydrogens is 453 g/mol. The number of carbonyl (C=O) groups is 3. The number of nitrogens with zero attached hydrogens (tertiary/aromatic N) is 1. The average Bonchev–Trinajstić information content (AvgIpc) is 3.30. The topological polar surface area (TPSA) is 78.5 Å². The van der Waals surface area contributed by atoms with E-state index in [1.807, 2.05) is 36.4 Å². The van der Waals surface area contributed by atoms with Crippen LogP contribution in [0.5, 0.6) is 0 Å². The number of amides is 3. The number of benzene rings is 3. The van der Waals surface area contributed by atoms with Crippen molar-refractivity contribution < 1.29 is 18.8 Å². The molecule has 34 heavy (non-hydrogen) atoms. The molecular formula is C26H24FN3O3S. The van der Waals surface area contributed by atoms with Crippen LogP contribution in [-0.2, 0) is 11.2 Å². The van der Waals surface area contributed by atoms with E-state index in [0.29, 0.717) is 17.0 Å². The molecule has 0 unspecified atom stereocenters. The van der Waals surface area contributed by atoms with Crippen LogP contribution in [0.4, 0.5) is 10.1 Å². The molecule has 174 valence electrons. The fraction of sp³-hybridized carbons (Fsp3) is 0.192. The largest absolute Gasteiger partial charge is 0.350 e. The molecule has 1 aliphatic heterocycles. The Balaban J connectivity index is 1.29. The van der Waals surface area contributed by atoms with E-state index in [1.54, 1.807) is 23.1 Å². The Morgan fingerprint density at radius 1 is 0.824 bits per heavy atom. The van der Waals surface area contributed by atoms with Gasteiger partial charge in [-0.25, -0.2) is 4.39 Å². The van der Waals surface area contributed by atoms with E-state index in [2.05, 4.69) is 10.6 Å². The van der Waals surface area contributed by atoms with Gasteiger partial charge in [0.05, 0.1) is 16.9 Å². The third-order valence-corrected chi connectivity index (χ3v) is 6.54. The Bertz CT molecular complexity index is 1220. The van der Waals surface area contributed by atoms with Crippen LogP contribution in [0.2, 0.25) is 0 Å². The molecule has 1 heterocycles. The third kappa shape index (κ3) is 5.46. The summed E-state index contributed by atoms with van der Waals surface area (Å²) in [6.45, 7) is 1.00. The molecule has 0 saturated heterocycles. The number of halogens is 1. The number of para-hydroxylation sites is 1. The van der Waals surface area contributed by atoms with Gasteiger partial charge in [0.15, 0.2) is 0 Å². The summed E-state index contributed by atoms with van der Waals surface area (Å²) >= 11 is 1.32. The highest BCUT2D eigenvalue weighted by Gasteiger charge is 2.24. The van der Waals surface area contributed by atoms with Crippen LogP contribution >= 0.6 is 11.8 Å². The lowest BCUT2D eigenvalue weighted by Gasteiger charge is -2.17. The molecule has 0 atom stereocenters. The van der Waals surface area contributed by atoms with Crippen molar-refractivity contribution in [3.63, 3.8) is 0 Å². The maximum absolute atomic E-state index is 13.7. The summed E-state index contributed by atoms with van der Waals surface area (Å²) < 4.78 is 13.7. The fourth-order valence-electron chi connectivity index (χ4n) is 3.78.